The number of nitrogens with one attached hydrogen (secondary N) is 2. The van der Waals surface area contributed by atoms with Crippen LogP contribution < -0.4 is 15.5 Å². The summed E-state index contributed by atoms with van der Waals surface area (Å²) in [5.41, 5.74) is 1.18. The van der Waals surface area contributed by atoms with Gasteiger partial charge in [0.1, 0.15) is 0 Å². The Balaban J connectivity index is 1.60. The highest BCUT2D eigenvalue weighted by Crippen LogP contribution is 2.18. The van der Waals surface area contributed by atoms with Gasteiger partial charge >= 0.3 is 0 Å². The lowest BCUT2D eigenvalue weighted by Crippen LogP contribution is -2.51. The van der Waals surface area contributed by atoms with Gasteiger partial charge < -0.3 is 25.0 Å². The second-order valence-corrected chi connectivity index (χ2v) is 6.88. The molecule has 1 fully saturated rings. The first-order valence-electron chi connectivity index (χ1n) is 10.1. The van der Waals surface area contributed by atoms with E-state index in [0.29, 0.717) is 25.9 Å². The van der Waals surface area contributed by atoms with Crippen molar-refractivity contribution in [2.75, 3.05) is 58.0 Å². The highest BCUT2D eigenvalue weighted by atomic mass is 16.5. The Morgan fingerprint density at radius 1 is 1.30 bits per heavy atom. The average Bonchev–Trinajstić information content (AvgIpc) is 3.12. The van der Waals surface area contributed by atoms with Crippen LogP contribution in [0.4, 0.5) is 5.69 Å². The van der Waals surface area contributed by atoms with Gasteiger partial charge in [-0.1, -0.05) is 13.3 Å². The van der Waals surface area contributed by atoms with Crippen molar-refractivity contribution in [2.45, 2.75) is 38.6 Å². The number of aliphatic imine (C=N–C) groups is 1. The SMILES string of the molecule is CCCCOCCOCCNC(=NC)NC1CCCN(c2cnn(C)c2)C1. The molecule has 8 heteroatoms. The minimum atomic E-state index is 0.373. The van der Waals surface area contributed by atoms with E-state index in [4.69, 9.17) is 9.47 Å². The van der Waals surface area contributed by atoms with E-state index < -0.39 is 0 Å². The number of piperidine rings is 1. The van der Waals surface area contributed by atoms with Crippen molar-refractivity contribution in [1.82, 2.24) is 20.4 Å². The Kier molecular flexibility index (Phi) is 10.0. The fraction of sp³-hybridized carbons (Fsp3) is 0.789. The summed E-state index contributed by atoms with van der Waals surface area (Å²) in [5.74, 6) is 0.829. The molecule has 8 nitrogen and oxygen atoms in total. The molecule has 154 valence electrons. The van der Waals surface area contributed by atoms with Crippen molar-refractivity contribution in [3.8, 4) is 0 Å². The van der Waals surface area contributed by atoms with E-state index in [-0.39, 0.29) is 0 Å². The van der Waals surface area contributed by atoms with Crippen molar-refractivity contribution in [3.63, 3.8) is 0 Å². The second kappa shape index (κ2) is 12.6. The molecule has 1 aliphatic rings. The van der Waals surface area contributed by atoms with Crippen LogP contribution >= 0.6 is 0 Å². The molecule has 1 aromatic heterocycles. The zero-order chi connectivity index (χ0) is 19.3. The van der Waals surface area contributed by atoms with Crippen LogP contribution in [0.5, 0.6) is 0 Å². The Hall–Kier alpha value is -1.80. The molecule has 1 unspecified atom stereocenters. The van der Waals surface area contributed by atoms with Gasteiger partial charge in [0.15, 0.2) is 5.96 Å². The zero-order valence-electron chi connectivity index (χ0n) is 17.1. The largest absolute Gasteiger partial charge is 0.379 e. The van der Waals surface area contributed by atoms with Gasteiger partial charge in [0, 0.05) is 52.6 Å². The molecule has 1 saturated heterocycles. The van der Waals surface area contributed by atoms with Crippen LogP contribution in [0.1, 0.15) is 32.6 Å². The summed E-state index contributed by atoms with van der Waals surface area (Å²) in [4.78, 5) is 6.71. The monoisotopic (exact) mass is 380 g/mol. The lowest BCUT2D eigenvalue weighted by atomic mass is 10.1. The summed E-state index contributed by atoms with van der Waals surface area (Å²) in [6.07, 6.45) is 8.58. The maximum atomic E-state index is 5.59. The third-order valence-corrected chi connectivity index (χ3v) is 4.60. The smallest absolute Gasteiger partial charge is 0.191 e. The van der Waals surface area contributed by atoms with Crippen LogP contribution in [0.2, 0.25) is 0 Å². The molecule has 0 amide bonds. The van der Waals surface area contributed by atoms with E-state index in [2.05, 4.69) is 38.7 Å². The van der Waals surface area contributed by atoms with Crippen molar-refractivity contribution in [1.29, 1.82) is 0 Å². The van der Waals surface area contributed by atoms with Crippen LogP contribution in [-0.2, 0) is 16.5 Å². The van der Waals surface area contributed by atoms with Crippen molar-refractivity contribution in [3.05, 3.63) is 12.4 Å². The second-order valence-electron chi connectivity index (χ2n) is 6.88. The van der Waals surface area contributed by atoms with Gasteiger partial charge in [-0.2, -0.15) is 5.10 Å². The molecule has 1 aliphatic heterocycles. The molecule has 0 radical (unpaired) electrons. The molecule has 27 heavy (non-hydrogen) atoms. The molecular weight excluding hydrogens is 344 g/mol. The Labute approximate surface area is 163 Å². The molecule has 0 aliphatic carbocycles. The summed E-state index contributed by atoms with van der Waals surface area (Å²) >= 11 is 0. The van der Waals surface area contributed by atoms with Crippen LogP contribution in [0, 0.1) is 0 Å². The molecule has 1 aromatic rings. The zero-order valence-corrected chi connectivity index (χ0v) is 17.1. The fourth-order valence-corrected chi connectivity index (χ4v) is 3.10. The van der Waals surface area contributed by atoms with Crippen LogP contribution in [0.3, 0.4) is 0 Å². The number of ether oxygens (including phenoxy) is 2. The number of rotatable bonds is 11. The van der Waals surface area contributed by atoms with Crippen molar-refractivity contribution in [2.24, 2.45) is 12.0 Å². The van der Waals surface area contributed by atoms with Gasteiger partial charge in [-0.15, -0.1) is 0 Å². The third-order valence-electron chi connectivity index (χ3n) is 4.60. The number of hydrogen-bond donors (Lipinski definition) is 2. The minimum absolute atomic E-state index is 0.373. The summed E-state index contributed by atoms with van der Waals surface area (Å²) in [6, 6.07) is 0.373. The van der Waals surface area contributed by atoms with Gasteiger partial charge in [0.2, 0.25) is 0 Å². The number of aromatic nitrogens is 2. The topological polar surface area (TPSA) is 75.9 Å². The first kappa shape index (κ1) is 21.5. The van der Waals surface area contributed by atoms with Crippen LogP contribution in [-0.4, -0.2) is 74.9 Å². The number of aryl methyl sites for hydroxylation is 1. The van der Waals surface area contributed by atoms with E-state index in [9.17, 15) is 0 Å². The van der Waals surface area contributed by atoms with E-state index in [1.165, 1.54) is 5.69 Å². The first-order valence-corrected chi connectivity index (χ1v) is 10.1. The van der Waals surface area contributed by atoms with Crippen molar-refractivity contribution >= 4 is 11.6 Å². The maximum Gasteiger partial charge on any atom is 0.191 e. The standard InChI is InChI=1S/C19H36N6O2/c1-4-5-10-26-12-13-27-11-8-21-19(20-2)23-17-7-6-9-25(15-17)18-14-22-24(3)16-18/h14,16-17H,4-13,15H2,1-3H3,(H2,20,21,23). The van der Waals surface area contributed by atoms with E-state index in [1.807, 2.05) is 17.9 Å². The molecule has 1 atom stereocenters. The summed E-state index contributed by atoms with van der Waals surface area (Å²) in [6.45, 7) is 7.70. The molecule has 2 N–H and O–H groups in total. The lowest BCUT2D eigenvalue weighted by Gasteiger charge is -2.34. The van der Waals surface area contributed by atoms with Gasteiger partial charge in [0.05, 0.1) is 31.7 Å². The predicted octanol–water partition coefficient (Wildman–Crippen LogP) is 1.39. The molecule has 2 heterocycles. The highest BCUT2D eigenvalue weighted by molar-refractivity contribution is 5.80. The number of unbranched alkanes of at least 4 members (excludes halogenated alkanes) is 1. The fourth-order valence-electron chi connectivity index (χ4n) is 3.10. The van der Waals surface area contributed by atoms with Gasteiger partial charge in [-0.25, -0.2) is 0 Å². The van der Waals surface area contributed by atoms with Crippen LogP contribution in [0.25, 0.3) is 0 Å². The number of anilines is 1. The quantitative estimate of drug-likeness (QED) is 0.343. The number of hydrogen-bond acceptors (Lipinski definition) is 5. The molecule has 2 rings (SSSR count). The average molecular weight is 381 g/mol. The maximum absolute atomic E-state index is 5.59. The third kappa shape index (κ3) is 8.17. The minimum Gasteiger partial charge on any atom is -0.379 e. The molecule has 0 bridgehead atoms. The molecule has 0 spiro atoms. The van der Waals surface area contributed by atoms with E-state index >= 15 is 0 Å². The van der Waals surface area contributed by atoms with E-state index in [1.54, 1.807) is 7.05 Å². The first-order chi connectivity index (χ1) is 13.2. The number of nitrogens with zero attached hydrogens (tertiary/aromatic N) is 4. The summed E-state index contributed by atoms with van der Waals surface area (Å²) < 4.78 is 12.9. The molecular formula is C19H36N6O2. The predicted molar refractivity (Wildman–Crippen MR) is 109 cm³/mol. The Bertz CT molecular complexity index is 548. The Morgan fingerprint density at radius 3 is 2.81 bits per heavy atom. The summed E-state index contributed by atoms with van der Waals surface area (Å²) in [5, 5.41) is 11.1. The molecule has 0 aromatic carbocycles. The lowest BCUT2D eigenvalue weighted by molar-refractivity contribution is 0.0487. The van der Waals surface area contributed by atoms with Gasteiger partial charge in [-0.05, 0) is 19.3 Å². The van der Waals surface area contributed by atoms with Gasteiger partial charge in [-0.3, -0.25) is 9.67 Å². The summed E-state index contributed by atoms with van der Waals surface area (Å²) in [7, 11) is 3.76. The highest BCUT2D eigenvalue weighted by Gasteiger charge is 2.21. The number of guanidine groups is 1. The van der Waals surface area contributed by atoms with Crippen LogP contribution in [0.15, 0.2) is 17.4 Å². The van der Waals surface area contributed by atoms with Crippen molar-refractivity contribution < 1.29 is 9.47 Å². The van der Waals surface area contributed by atoms with E-state index in [0.717, 1.165) is 57.9 Å². The Morgan fingerprint density at radius 2 is 2.11 bits per heavy atom. The van der Waals surface area contributed by atoms with Gasteiger partial charge in [0.25, 0.3) is 0 Å². The normalized spacial score (nSPS) is 18.0. The molecule has 0 saturated carbocycles.